The molecule has 1 aliphatic carbocycles. The molecule has 1 aromatic rings. The maximum Gasteiger partial charge on any atom is 0.233 e. The maximum absolute atomic E-state index is 12.3. The van der Waals surface area contributed by atoms with Crippen molar-refractivity contribution < 1.29 is 14.4 Å². The van der Waals surface area contributed by atoms with Crippen molar-refractivity contribution in [3.8, 4) is 0 Å². The smallest absolute Gasteiger partial charge is 0.233 e. The van der Waals surface area contributed by atoms with Crippen LogP contribution in [-0.2, 0) is 14.4 Å². The molecule has 126 valence electrons. The summed E-state index contributed by atoms with van der Waals surface area (Å²) in [6.45, 7) is 2.31. The first kappa shape index (κ1) is 16.4. The number of allylic oxidation sites excluding steroid dienone is 2. The van der Waals surface area contributed by atoms with Crippen molar-refractivity contribution in [3.63, 3.8) is 0 Å². The van der Waals surface area contributed by atoms with E-state index in [2.05, 4.69) is 5.32 Å². The van der Waals surface area contributed by atoms with Gasteiger partial charge in [0.1, 0.15) is 0 Å². The number of carbonyl (C=O) groups excluding carboxylic acids is 3. The lowest BCUT2D eigenvalue weighted by Gasteiger charge is -2.14. The summed E-state index contributed by atoms with van der Waals surface area (Å²) >= 11 is 0. The number of carbonyl (C=O) groups is 3. The minimum Gasteiger partial charge on any atom is -0.326 e. The molecule has 5 heteroatoms. The fourth-order valence-electron chi connectivity index (χ4n) is 3.35. The van der Waals surface area contributed by atoms with E-state index in [4.69, 9.17) is 0 Å². The Bertz CT molecular complexity index is 652. The number of nitrogens with one attached hydrogen (secondary N) is 1. The highest BCUT2D eigenvalue weighted by Gasteiger charge is 2.46. The number of anilines is 1. The topological polar surface area (TPSA) is 66.5 Å². The van der Waals surface area contributed by atoms with Crippen LogP contribution in [0.4, 0.5) is 5.69 Å². The van der Waals surface area contributed by atoms with Gasteiger partial charge >= 0.3 is 0 Å². The molecule has 0 bridgehead atoms. The van der Waals surface area contributed by atoms with Gasteiger partial charge in [0.05, 0.1) is 11.8 Å². The molecule has 2 atom stereocenters. The van der Waals surface area contributed by atoms with Gasteiger partial charge in [-0.1, -0.05) is 29.8 Å². The third-order valence-corrected chi connectivity index (χ3v) is 4.72. The highest BCUT2D eigenvalue weighted by molar-refractivity contribution is 6.05. The summed E-state index contributed by atoms with van der Waals surface area (Å²) in [5.74, 6) is -0.633. The van der Waals surface area contributed by atoms with Gasteiger partial charge in [0.15, 0.2) is 0 Å². The minimum atomic E-state index is -0.191. The second-order valence-electron chi connectivity index (χ2n) is 6.50. The van der Waals surface area contributed by atoms with Gasteiger partial charge < -0.3 is 5.32 Å². The Balaban J connectivity index is 1.48. The second kappa shape index (κ2) is 6.99. The van der Waals surface area contributed by atoms with Gasteiger partial charge in [0.2, 0.25) is 17.7 Å². The first-order chi connectivity index (χ1) is 11.6. The lowest BCUT2D eigenvalue weighted by Crippen LogP contribution is -2.32. The number of imide groups is 1. The molecule has 2 aliphatic rings. The molecule has 1 N–H and O–H groups in total. The molecule has 1 heterocycles. The first-order valence-corrected chi connectivity index (χ1v) is 8.43. The van der Waals surface area contributed by atoms with Crippen molar-refractivity contribution >= 4 is 23.4 Å². The monoisotopic (exact) mass is 326 g/mol. The predicted octanol–water partition coefficient (Wildman–Crippen LogP) is 2.66. The summed E-state index contributed by atoms with van der Waals surface area (Å²) in [6.07, 6.45) is 6.04. The molecule has 0 aromatic heterocycles. The highest BCUT2D eigenvalue weighted by atomic mass is 16.2. The normalized spacial score (nSPS) is 22.6. The number of fused-ring (bicyclic) bond motifs is 1. The lowest BCUT2D eigenvalue weighted by atomic mass is 9.85. The Kier molecular flexibility index (Phi) is 4.79. The van der Waals surface area contributed by atoms with E-state index in [0.717, 1.165) is 11.3 Å². The van der Waals surface area contributed by atoms with Crippen molar-refractivity contribution in [2.24, 2.45) is 11.8 Å². The zero-order valence-corrected chi connectivity index (χ0v) is 13.8. The molecule has 0 radical (unpaired) electrons. The van der Waals surface area contributed by atoms with Crippen LogP contribution in [0.1, 0.15) is 31.2 Å². The summed E-state index contributed by atoms with van der Waals surface area (Å²) < 4.78 is 0. The Morgan fingerprint density at radius 1 is 1.08 bits per heavy atom. The fourth-order valence-corrected chi connectivity index (χ4v) is 3.35. The quantitative estimate of drug-likeness (QED) is 0.668. The zero-order chi connectivity index (χ0) is 17.1. The van der Waals surface area contributed by atoms with Crippen LogP contribution >= 0.6 is 0 Å². The van der Waals surface area contributed by atoms with Gasteiger partial charge in [-0.3, -0.25) is 19.3 Å². The number of aryl methyl sites for hydroxylation is 1. The number of amides is 3. The van der Waals surface area contributed by atoms with E-state index in [9.17, 15) is 14.4 Å². The summed E-state index contributed by atoms with van der Waals surface area (Å²) in [5.41, 5.74) is 1.89. The Morgan fingerprint density at radius 2 is 1.67 bits per heavy atom. The van der Waals surface area contributed by atoms with Crippen molar-refractivity contribution in [3.05, 3.63) is 42.0 Å². The molecule has 1 fully saturated rings. The number of likely N-dealkylation sites (tertiary alicyclic amines) is 1. The van der Waals surface area contributed by atoms with E-state index in [1.807, 2.05) is 43.3 Å². The van der Waals surface area contributed by atoms with Crippen LogP contribution in [0.25, 0.3) is 0 Å². The molecule has 0 unspecified atom stereocenters. The van der Waals surface area contributed by atoms with Gasteiger partial charge in [-0.05, 0) is 38.3 Å². The standard InChI is InChI=1S/C19H22N2O3/c1-13-8-10-14(11-9-13)20-17(22)7-4-12-21-18(23)15-5-2-3-6-16(15)19(21)24/h2-3,8-11,15-16H,4-7,12H2,1H3,(H,20,22)/t15-,16-/m1/s1. The molecule has 5 nitrogen and oxygen atoms in total. The van der Waals surface area contributed by atoms with Crippen LogP contribution in [0.5, 0.6) is 0 Å². The molecule has 0 saturated carbocycles. The SMILES string of the molecule is Cc1ccc(NC(=O)CCCN2C(=O)[C@@H]3CC=CC[C@H]3C2=O)cc1. The van der Waals surface area contributed by atoms with Crippen LogP contribution in [-0.4, -0.2) is 29.2 Å². The molecule has 1 aromatic carbocycles. The van der Waals surface area contributed by atoms with Crippen LogP contribution in [0.2, 0.25) is 0 Å². The summed E-state index contributed by atoms with van der Waals surface area (Å²) in [6, 6.07) is 7.59. The van der Waals surface area contributed by atoms with Crippen LogP contribution < -0.4 is 5.32 Å². The van der Waals surface area contributed by atoms with E-state index in [1.165, 1.54) is 4.90 Å². The minimum absolute atomic E-state index is 0.0757. The molecule has 0 spiro atoms. The average Bonchev–Trinajstić information content (AvgIpc) is 2.82. The molecule has 1 aliphatic heterocycles. The van der Waals surface area contributed by atoms with Crippen LogP contribution in [0.15, 0.2) is 36.4 Å². The van der Waals surface area contributed by atoms with Gasteiger partial charge in [0.25, 0.3) is 0 Å². The largest absolute Gasteiger partial charge is 0.326 e. The highest BCUT2D eigenvalue weighted by Crippen LogP contribution is 2.35. The number of benzene rings is 1. The third kappa shape index (κ3) is 3.40. The van der Waals surface area contributed by atoms with Crippen molar-refractivity contribution in [2.75, 3.05) is 11.9 Å². The molecular formula is C19H22N2O3. The molecule has 3 amide bonds. The second-order valence-corrected chi connectivity index (χ2v) is 6.50. The van der Waals surface area contributed by atoms with Crippen molar-refractivity contribution in [1.82, 2.24) is 4.90 Å². The zero-order valence-electron chi connectivity index (χ0n) is 13.8. The van der Waals surface area contributed by atoms with E-state index in [-0.39, 0.29) is 29.6 Å². The van der Waals surface area contributed by atoms with Crippen LogP contribution in [0.3, 0.4) is 0 Å². The summed E-state index contributed by atoms with van der Waals surface area (Å²) in [4.78, 5) is 38.0. The average molecular weight is 326 g/mol. The van der Waals surface area contributed by atoms with Crippen molar-refractivity contribution in [2.45, 2.75) is 32.6 Å². The Labute approximate surface area is 141 Å². The summed E-state index contributed by atoms with van der Waals surface area (Å²) in [5, 5.41) is 2.83. The Morgan fingerprint density at radius 3 is 2.25 bits per heavy atom. The van der Waals surface area contributed by atoms with Gasteiger partial charge in [-0.15, -0.1) is 0 Å². The Hall–Kier alpha value is -2.43. The van der Waals surface area contributed by atoms with E-state index in [1.54, 1.807) is 0 Å². The van der Waals surface area contributed by atoms with Crippen LogP contribution in [0, 0.1) is 18.8 Å². The number of hydrogen-bond donors (Lipinski definition) is 1. The van der Waals surface area contributed by atoms with Gasteiger partial charge in [-0.2, -0.15) is 0 Å². The maximum atomic E-state index is 12.3. The number of hydrogen-bond acceptors (Lipinski definition) is 3. The number of rotatable bonds is 5. The fraction of sp³-hybridized carbons (Fsp3) is 0.421. The molecule has 3 rings (SSSR count). The van der Waals surface area contributed by atoms with Gasteiger partial charge in [-0.25, -0.2) is 0 Å². The van der Waals surface area contributed by atoms with E-state index in [0.29, 0.717) is 32.2 Å². The molecule has 1 saturated heterocycles. The van der Waals surface area contributed by atoms with Gasteiger partial charge in [0, 0.05) is 18.7 Å². The third-order valence-electron chi connectivity index (χ3n) is 4.72. The first-order valence-electron chi connectivity index (χ1n) is 8.43. The van der Waals surface area contributed by atoms with E-state index >= 15 is 0 Å². The number of nitrogens with zero attached hydrogens (tertiary/aromatic N) is 1. The lowest BCUT2D eigenvalue weighted by molar-refractivity contribution is -0.140. The molecule has 24 heavy (non-hydrogen) atoms. The van der Waals surface area contributed by atoms with Crippen molar-refractivity contribution in [1.29, 1.82) is 0 Å². The predicted molar refractivity (Wildman–Crippen MR) is 91.1 cm³/mol. The molecular weight excluding hydrogens is 304 g/mol. The van der Waals surface area contributed by atoms with E-state index < -0.39 is 0 Å². The summed E-state index contributed by atoms with van der Waals surface area (Å²) in [7, 11) is 0.